The van der Waals surface area contributed by atoms with Gasteiger partial charge in [0.05, 0.1) is 0 Å². The minimum absolute atomic E-state index is 0.318. The van der Waals surface area contributed by atoms with Gasteiger partial charge < -0.3 is 15.3 Å². The number of rotatable bonds is 4. The fraction of sp³-hybridized carbons (Fsp3) is 0.846. The number of carbonyl (C=O) groups excluding carboxylic acids is 1. The van der Waals surface area contributed by atoms with Crippen molar-refractivity contribution in [3.05, 3.63) is 0 Å². The first kappa shape index (κ1) is 14.8. The van der Waals surface area contributed by atoms with Gasteiger partial charge in [0, 0.05) is 13.6 Å². The van der Waals surface area contributed by atoms with E-state index in [0.29, 0.717) is 18.4 Å². The van der Waals surface area contributed by atoms with Crippen LogP contribution in [0.15, 0.2) is 0 Å². The van der Waals surface area contributed by atoms with Crippen LogP contribution in [0.3, 0.4) is 0 Å². The van der Waals surface area contributed by atoms with Crippen molar-refractivity contribution in [2.24, 2.45) is 11.8 Å². The number of carbonyl (C=O) groups is 2. The smallest absolute Gasteiger partial charge is 0.329 e. The number of amides is 2. The molecule has 0 bridgehead atoms. The second kappa shape index (κ2) is 5.59. The van der Waals surface area contributed by atoms with Crippen molar-refractivity contribution in [3.8, 4) is 0 Å². The second-order valence-corrected chi connectivity index (χ2v) is 5.78. The first-order valence-corrected chi connectivity index (χ1v) is 6.52. The monoisotopic (exact) mass is 256 g/mol. The molecule has 0 radical (unpaired) electrons. The fourth-order valence-electron chi connectivity index (χ4n) is 2.26. The SMILES string of the molecule is CC1CCCC1CNC(=O)N(C)C(C)(C)C(=O)O. The van der Waals surface area contributed by atoms with Gasteiger partial charge >= 0.3 is 12.0 Å². The van der Waals surface area contributed by atoms with Crippen LogP contribution in [0.4, 0.5) is 4.79 Å². The van der Waals surface area contributed by atoms with Crippen LogP contribution in [-0.4, -0.2) is 41.1 Å². The molecule has 2 amide bonds. The maximum Gasteiger partial charge on any atom is 0.329 e. The Morgan fingerprint density at radius 3 is 2.44 bits per heavy atom. The van der Waals surface area contributed by atoms with Gasteiger partial charge in [-0.1, -0.05) is 19.8 Å². The molecule has 0 saturated heterocycles. The summed E-state index contributed by atoms with van der Waals surface area (Å²) in [5.41, 5.74) is -1.19. The Bertz CT molecular complexity index is 328. The molecular formula is C13H24N2O3. The largest absolute Gasteiger partial charge is 0.480 e. The van der Waals surface area contributed by atoms with Crippen molar-refractivity contribution in [1.82, 2.24) is 10.2 Å². The maximum absolute atomic E-state index is 11.9. The van der Waals surface area contributed by atoms with Crippen LogP contribution in [0, 0.1) is 11.8 Å². The van der Waals surface area contributed by atoms with E-state index in [4.69, 9.17) is 5.11 Å². The molecule has 5 heteroatoms. The first-order valence-electron chi connectivity index (χ1n) is 6.52. The molecule has 5 nitrogen and oxygen atoms in total. The normalized spacial score (nSPS) is 23.8. The van der Waals surface area contributed by atoms with Crippen molar-refractivity contribution < 1.29 is 14.7 Å². The van der Waals surface area contributed by atoms with Gasteiger partial charge in [-0.25, -0.2) is 9.59 Å². The molecule has 2 atom stereocenters. The quantitative estimate of drug-likeness (QED) is 0.807. The zero-order chi connectivity index (χ0) is 13.9. The van der Waals surface area contributed by atoms with Crippen LogP contribution in [0.2, 0.25) is 0 Å². The Hall–Kier alpha value is -1.26. The zero-order valence-electron chi connectivity index (χ0n) is 11.7. The van der Waals surface area contributed by atoms with E-state index in [0.717, 1.165) is 6.42 Å². The third kappa shape index (κ3) is 3.15. The average Bonchev–Trinajstić information content (AvgIpc) is 2.70. The number of likely N-dealkylation sites (N-methyl/N-ethyl adjacent to an activating group) is 1. The lowest BCUT2D eigenvalue weighted by Crippen LogP contribution is -2.54. The lowest BCUT2D eigenvalue weighted by atomic mass is 9.98. The molecule has 1 rings (SSSR count). The molecule has 0 aromatic heterocycles. The molecule has 0 spiro atoms. The molecule has 2 N–H and O–H groups in total. The number of hydrogen-bond donors (Lipinski definition) is 2. The van der Waals surface area contributed by atoms with Crippen molar-refractivity contribution in [3.63, 3.8) is 0 Å². The Kier molecular flexibility index (Phi) is 4.59. The van der Waals surface area contributed by atoms with Gasteiger partial charge in [0.1, 0.15) is 5.54 Å². The van der Waals surface area contributed by atoms with Gasteiger partial charge in [0.25, 0.3) is 0 Å². The number of urea groups is 1. The Morgan fingerprint density at radius 1 is 1.39 bits per heavy atom. The van der Waals surface area contributed by atoms with Gasteiger partial charge in [0.2, 0.25) is 0 Å². The summed E-state index contributed by atoms with van der Waals surface area (Å²) in [5.74, 6) is 0.160. The van der Waals surface area contributed by atoms with Gasteiger partial charge in [-0.15, -0.1) is 0 Å². The topological polar surface area (TPSA) is 69.6 Å². The number of nitrogens with zero attached hydrogens (tertiary/aromatic N) is 1. The van der Waals surface area contributed by atoms with Crippen LogP contribution >= 0.6 is 0 Å². The molecule has 0 aromatic carbocycles. The fourth-order valence-corrected chi connectivity index (χ4v) is 2.26. The predicted molar refractivity (Wildman–Crippen MR) is 69.4 cm³/mol. The van der Waals surface area contributed by atoms with E-state index in [1.165, 1.54) is 38.6 Å². The van der Waals surface area contributed by atoms with Gasteiger partial charge in [-0.3, -0.25) is 0 Å². The molecule has 104 valence electrons. The molecule has 1 fully saturated rings. The molecule has 1 aliphatic carbocycles. The molecule has 1 saturated carbocycles. The highest BCUT2D eigenvalue weighted by atomic mass is 16.4. The zero-order valence-corrected chi connectivity index (χ0v) is 11.7. The summed E-state index contributed by atoms with van der Waals surface area (Å²) < 4.78 is 0. The summed E-state index contributed by atoms with van der Waals surface area (Å²) in [7, 11) is 1.52. The van der Waals surface area contributed by atoms with Crippen LogP contribution < -0.4 is 5.32 Å². The highest BCUT2D eigenvalue weighted by molar-refractivity contribution is 5.85. The number of carboxylic acids is 1. The van der Waals surface area contributed by atoms with E-state index in [1.807, 2.05) is 0 Å². The molecular weight excluding hydrogens is 232 g/mol. The van der Waals surface area contributed by atoms with E-state index >= 15 is 0 Å². The Morgan fingerprint density at radius 2 is 2.00 bits per heavy atom. The van der Waals surface area contributed by atoms with E-state index in [-0.39, 0.29) is 6.03 Å². The van der Waals surface area contributed by atoms with Crippen LogP contribution in [0.5, 0.6) is 0 Å². The van der Waals surface area contributed by atoms with E-state index in [1.54, 1.807) is 0 Å². The molecule has 1 aliphatic rings. The van der Waals surface area contributed by atoms with Gasteiger partial charge in [0.15, 0.2) is 0 Å². The lowest BCUT2D eigenvalue weighted by Gasteiger charge is -2.32. The van der Waals surface area contributed by atoms with Crippen molar-refractivity contribution >= 4 is 12.0 Å². The van der Waals surface area contributed by atoms with Gasteiger partial charge in [-0.05, 0) is 32.1 Å². The highest BCUT2D eigenvalue weighted by Gasteiger charge is 2.35. The van der Waals surface area contributed by atoms with Crippen molar-refractivity contribution in [1.29, 1.82) is 0 Å². The summed E-state index contributed by atoms with van der Waals surface area (Å²) >= 11 is 0. The summed E-state index contributed by atoms with van der Waals surface area (Å²) in [5, 5.41) is 11.9. The standard InChI is InChI=1S/C13H24N2O3/c1-9-6-5-7-10(9)8-14-12(18)15(4)13(2,3)11(16)17/h9-10H,5-8H2,1-4H3,(H,14,18)(H,16,17). The summed E-state index contributed by atoms with van der Waals surface area (Å²) in [6, 6.07) is -0.318. The number of hydrogen-bond acceptors (Lipinski definition) is 2. The predicted octanol–water partition coefficient (Wildman–Crippen LogP) is 1.93. The minimum atomic E-state index is -1.19. The van der Waals surface area contributed by atoms with Crippen molar-refractivity contribution in [2.75, 3.05) is 13.6 Å². The number of aliphatic carboxylic acids is 1. The van der Waals surface area contributed by atoms with E-state index in [2.05, 4.69) is 12.2 Å². The van der Waals surface area contributed by atoms with Crippen LogP contribution in [0.25, 0.3) is 0 Å². The Balaban J connectivity index is 2.48. The number of nitrogens with one attached hydrogen (secondary N) is 1. The first-order chi connectivity index (χ1) is 8.26. The third-order valence-electron chi connectivity index (χ3n) is 4.22. The molecule has 0 aromatic rings. The lowest BCUT2D eigenvalue weighted by molar-refractivity contribution is -0.146. The van der Waals surface area contributed by atoms with Gasteiger partial charge in [-0.2, -0.15) is 0 Å². The van der Waals surface area contributed by atoms with Crippen LogP contribution in [-0.2, 0) is 4.79 Å². The third-order valence-corrected chi connectivity index (χ3v) is 4.22. The molecule has 0 aliphatic heterocycles. The molecule has 2 unspecified atom stereocenters. The summed E-state index contributed by atoms with van der Waals surface area (Å²) in [4.78, 5) is 24.2. The van der Waals surface area contributed by atoms with Crippen LogP contribution in [0.1, 0.15) is 40.0 Å². The second-order valence-electron chi connectivity index (χ2n) is 5.78. The summed E-state index contributed by atoms with van der Waals surface area (Å²) in [6.45, 7) is 5.88. The highest BCUT2D eigenvalue weighted by Crippen LogP contribution is 2.30. The minimum Gasteiger partial charge on any atom is -0.480 e. The van der Waals surface area contributed by atoms with E-state index < -0.39 is 11.5 Å². The Labute approximate surface area is 109 Å². The van der Waals surface area contributed by atoms with Crippen molar-refractivity contribution in [2.45, 2.75) is 45.6 Å². The maximum atomic E-state index is 11.9. The average molecular weight is 256 g/mol. The summed E-state index contributed by atoms with van der Waals surface area (Å²) in [6.07, 6.45) is 3.59. The number of carboxylic acid groups (broad SMARTS) is 1. The molecule has 0 heterocycles. The molecule has 18 heavy (non-hydrogen) atoms. The van der Waals surface area contributed by atoms with E-state index in [9.17, 15) is 9.59 Å².